The Morgan fingerprint density at radius 3 is 2.67 bits per heavy atom. The zero-order valence-electron chi connectivity index (χ0n) is 13.1. The smallest absolute Gasteiger partial charge is 0.0776 e. The average molecular weight is 302 g/mol. The predicted molar refractivity (Wildman–Crippen MR) is 91.8 cm³/mol. The monoisotopic (exact) mass is 301 g/mol. The minimum absolute atomic E-state index is 0.279. The van der Waals surface area contributed by atoms with Gasteiger partial charge in [-0.25, -0.2) is 0 Å². The molecule has 1 nitrogen and oxygen atoms in total. The molecule has 21 heavy (non-hydrogen) atoms. The van der Waals surface area contributed by atoms with Crippen LogP contribution in [0.2, 0.25) is 0 Å². The summed E-state index contributed by atoms with van der Waals surface area (Å²) < 4.78 is 0. The van der Waals surface area contributed by atoms with Gasteiger partial charge in [0, 0.05) is 17.2 Å². The van der Waals surface area contributed by atoms with Gasteiger partial charge < -0.3 is 0 Å². The molecular formula is C19H24ClN. The highest BCUT2D eigenvalue weighted by Crippen LogP contribution is 2.40. The molecule has 0 radical (unpaired) electrons. The van der Waals surface area contributed by atoms with Crippen molar-refractivity contribution in [2.24, 2.45) is 22.2 Å². The third-order valence-corrected chi connectivity index (χ3v) is 5.13. The highest BCUT2D eigenvalue weighted by atomic mass is 35.5. The van der Waals surface area contributed by atoms with Crippen LogP contribution in [0, 0.1) is 17.3 Å². The van der Waals surface area contributed by atoms with Crippen molar-refractivity contribution in [3.05, 3.63) is 46.6 Å². The van der Waals surface area contributed by atoms with Crippen LogP contribution in [0.4, 0.5) is 0 Å². The first-order chi connectivity index (χ1) is 9.95. The van der Waals surface area contributed by atoms with Crippen molar-refractivity contribution < 1.29 is 0 Å². The molecule has 0 saturated heterocycles. The molecule has 0 amide bonds. The maximum absolute atomic E-state index is 6.14. The third kappa shape index (κ3) is 3.08. The lowest BCUT2D eigenvalue weighted by Gasteiger charge is -2.35. The van der Waals surface area contributed by atoms with Gasteiger partial charge in [0.1, 0.15) is 0 Å². The van der Waals surface area contributed by atoms with E-state index in [4.69, 9.17) is 16.6 Å². The van der Waals surface area contributed by atoms with Gasteiger partial charge in [0.05, 0.1) is 6.04 Å². The van der Waals surface area contributed by atoms with Gasteiger partial charge in [-0.2, -0.15) is 0 Å². The molecule has 0 N–H and O–H groups in total. The Morgan fingerprint density at radius 2 is 2.00 bits per heavy atom. The van der Waals surface area contributed by atoms with E-state index >= 15 is 0 Å². The molecule has 0 fully saturated rings. The van der Waals surface area contributed by atoms with E-state index in [0.29, 0.717) is 17.9 Å². The maximum atomic E-state index is 6.14. The van der Waals surface area contributed by atoms with E-state index in [9.17, 15) is 0 Å². The lowest BCUT2D eigenvalue weighted by Crippen LogP contribution is -2.32. The molecular weight excluding hydrogens is 278 g/mol. The molecule has 0 aromatic rings. The quantitative estimate of drug-likeness (QED) is 0.611. The summed E-state index contributed by atoms with van der Waals surface area (Å²) in [5.41, 5.74) is 3.30. The second kappa shape index (κ2) is 5.61. The zero-order chi connectivity index (χ0) is 15.0. The van der Waals surface area contributed by atoms with Crippen LogP contribution < -0.4 is 0 Å². The Hall–Kier alpha value is -1.08. The van der Waals surface area contributed by atoms with Gasteiger partial charge in [0.2, 0.25) is 0 Å². The van der Waals surface area contributed by atoms with Crippen molar-refractivity contribution in [1.29, 1.82) is 0 Å². The number of hydrogen-bond donors (Lipinski definition) is 0. The van der Waals surface area contributed by atoms with Crippen molar-refractivity contribution in [2.45, 2.75) is 46.1 Å². The molecule has 3 atom stereocenters. The largest absolute Gasteiger partial charge is 0.289 e. The number of nitrogens with zero attached hydrogens (tertiary/aromatic N) is 1. The Bertz CT molecular complexity index is 569. The fourth-order valence-electron chi connectivity index (χ4n) is 3.54. The van der Waals surface area contributed by atoms with Gasteiger partial charge in [-0.15, -0.1) is 0 Å². The fourth-order valence-corrected chi connectivity index (χ4v) is 3.78. The maximum Gasteiger partial charge on any atom is 0.0776 e. The molecule has 1 aliphatic heterocycles. The SMILES string of the molecule is CC(C)(C)C1=CC=C(C2N=CCC3C=C(Cl)C=CC32)CC1. The molecule has 0 aromatic carbocycles. The van der Waals surface area contributed by atoms with Crippen molar-refractivity contribution in [2.75, 3.05) is 0 Å². The summed E-state index contributed by atoms with van der Waals surface area (Å²) in [7, 11) is 0. The standard InChI is InChI=1S/C19H24ClN/c1-19(2,3)15-6-4-13(5-7-15)18-17-9-8-16(20)12-14(17)10-11-21-18/h4,6,8-9,11-12,14,17-18H,5,7,10H2,1-3H3. The summed E-state index contributed by atoms with van der Waals surface area (Å²) in [5, 5.41) is 0.873. The van der Waals surface area contributed by atoms with Crippen LogP contribution in [0.3, 0.4) is 0 Å². The first kappa shape index (κ1) is 14.8. The van der Waals surface area contributed by atoms with Crippen molar-refractivity contribution in [1.82, 2.24) is 0 Å². The molecule has 0 aromatic heterocycles. The summed E-state index contributed by atoms with van der Waals surface area (Å²) in [6.07, 6.45) is 16.6. The Morgan fingerprint density at radius 1 is 1.19 bits per heavy atom. The van der Waals surface area contributed by atoms with E-state index in [0.717, 1.165) is 17.9 Å². The highest BCUT2D eigenvalue weighted by Gasteiger charge is 2.33. The summed E-state index contributed by atoms with van der Waals surface area (Å²) in [6.45, 7) is 6.88. The first-order valence-electron chi connectivity index (χ1n) is 7.92. The van der Waals surface area contributed by atoms with Gasteiger partial charge in [-0.3, -0.25) is 4.99 Å². The van der Waals surface area contributed by atoms with Crippen molar-refractivity contribution in [3.8, 4) is 0 Å². The highest BCUT2D eigenvalue weighted by molar-refractivity contribution is 6.31. The average Bonchev–Trinajstić information content (AvgIpc) is 2.45. The van der Waals surface area contributed by atoms with E-state index in [1.54, 1.807) is 5.57 Å². The minimum atomic E-state index is 0.279. The van der Waals surface area contributed by atoms with Crippen molar-refractivity contribution in [3.63, 3.8) is 0 Å². The van der Waals surface area contributed by atoms with E-state index in [1.807, 2.05) is 6.08 Å². The number of halogens is 1. The van der Waals surface area contributed by atoms with Crippen LogP contribution in [0.1, 0.15) is 40.0 Å². The summed E-state index contributed by atoms with van der Waals surface area (Å²) in [5.74, 6) is 0.993. The fraction of sp³-hybridized carbons (Fsp3) is 0.526. The van der Waals surface area contributed by atoms with E-state index in [-0.39, 0.29) is 5.41 Å². The number of rotatable bonds is 1. The van der Waals surface area contributed by atoms with Gasteiger partial charge in [-0.05, 0) is 42.2 Å². The molecule has 3 aliphatic rings. The van der Waals surface area contributed by atoms with Crippen molar-refractivity contribution >= 4 is 17.8 Å². The minimum Gasteiger partial charge on any atom is -0.289 e. The molecule has 0 bridgehead atoms. The van der Waals surface area contributed by atoms with E-state index in [1.165, 1.54) is 12.0 Å². The summed E-state index contributed by atoms with van der Waals surface area (Å²) in [4.78, 5) is 4.80. The predicted octanol–water partition coefficient (Wildman–Crippen LogP) is 5.45. The molecule has 3 unspecified atom stereocenters. The Labute approximate surface area is 133 Å². The zero-order valence-corrected chi connectivity index (χ0v) is 13.9. The Kier molecular flexibility index (Phi) is 3.96. The van der Waals surface area contributed by atoms with Gasteiger partial charge in [-0.1, -0.05) is 62.2 Å². The van der Waals surface area contributed by atoms with Crippen LogP contribution in [0.25, 0.3) is 0 Å². The first-order valence-corrected chi connectivity index (χ1v) is 8.30. The van der Waals surface area contributed by atoms with Gasteiger partial charge >= 0.3 is 0 Å². The number of allylic oxidation sites excluding steroid dienone is 6. The van der Waals surface area contributed by atoms with E-state index in [2.05, 4.69) is 51.3 Å². The second-order valence-electron chi connectivity index (χ2n) is 7.35. The number of hydrogen-bond acceptors (Lipinski definition) is 1. The second-order valence-corrected chi connectivity index (χ2v) is 7.78. The molecule has 1 heterocycles. The molecule has 112 valence electrons. The van der Waals surface area contributed by atoms with Crippen LogP contribution in [0.15, 0.2) is 51.6 Å². The normalized spacial score (nSPS) is 32.2. The summed E-state index contributed by atoms with van der Waals surface area (Å²) >= 11 is 6.14. The van der Waals surface area contributed by atoms with Gasteiger partial charge in [0.25, 0.3) is 0 Å². The third-order valence-electron chi connectivity index (χ3n) is 4.88. The number of aliphatic imine (C=N–C) groups is 1. The Balaban J connectivity index is 1.83. The lowest BCUT2D eigenvalue weighted by atomic mass is 9.73. The van der Waals surface area contributed by atoms with Crippen LogP contribution >= 0.6 is 11.6 Å². The van der Waals surface area contributed by atoms with Crippen LogP contribution in [-0.4, -0.2) is 12.3 Å². The summed E-state index contributed by atoms with van der Waals surface area (Å²) in [6, 6.07) is 0.304. The lowest BCUT2D eigenvalue weighted by molar-refractivity contribution is 0.404. The molecule has 0 spiro atoms. The molecule has 2 aliphatic carbocycles. The molecule has 0 saturated carbocycles. The topological polar surface area (TPSA) is 12.4 Å². The van der Waals surface area contributed by atoms with Gasteiger partial charge in [0.15, 0.2) is 0 Å². The number of fused-ring (bicyclic) bond motifs is 1. The molecule has 2 heteroatoms. The van der Waals surface area contributed by atoms with Crippen LogP contribution in [0.5, 0.6) is 0 Å². The van der Waals surface area contributed by atoms with E-state index < -0.39 is 0 Å². The molecule has 3 rings (SSSR count). The van der Waals surface area contributed by atoms with Crippen LogP contribution in [-0.2, 0) is 0 Å².